The molecule has 118 valence electrons. The molecule has 0 aliphatic rings. The second-order valence-electron chi connectivity index (χ2n) is 5.60. The molecule has 0 saturated heterocycles. The normalized spacial score (nSPS) is 11.0. The van der Waals surface area contributed by atoms with Crippen molar-refractivity contribution >= 4 is 5.91 Å². The van der Waals surface area contributed by atoms with Crippen LogP contribution in [0.2, 0.25) is 0 Å². The first-order valence-electron chi connectivity index (χ1n) is 7.66. The molecule has 1 aromatic carbocycles. The molecule has 1 N–H and O–H groups in total. The Morgan fingerprint density at radius 2 is 2.00 bits per heavy atom. The summed E-state index contributed by atoms with van der Waals surface area (Å²) in [6, 6.07) is 6.10. The van der Waals surface area contributed by atoms with Gasteiger partial charge in [-0.2, -0.15) is 5.10 Å². The SMILES string of the molecule is CCCCNC(=O)c1cnn(-c2ccc(F)cc2)c1C(C)C. The molecule has 0 spiro atoms. The van der Waals surface area contributed by atoms with Gasteiger partial charge in [0.15, 0.2) is 0 Å². The topological polar surface area (TPSA) is 46.9 Å². The summed E-state index contributed by atoms with van der Waals surface area (Å²) in [7, 11) is 0. The average Bonchev–Trinajstić information content (AvgIpc) is 2.93. The molecular formula is C17H22FN3O. The van der Waals surface area contributed by atoms with E-state index in [1.165, 1.54) is 12.1 Å². The van der Waals surface area contributed by atoms with E-state index in [1.807, 2.05) is 13.8 Å². The van der Waals surface area contributed by atoms with E-state index in [1.54, 1.807) is 23.0 Å². The van der Waals surface area contributed by atoms with E-state index in [2.05, 4.69) is 17.3 Å². The van der Waals surface area contributed by atoms with Crippen LogP contribution >= 0.6 is 0 Å². The molecule has 0 aliphatic carbocycles. The summed E-state index contributed by atoms with van der Waals surface area (Å²) in [6.45, 7) is 6.77. The number of carbonyl (C=O) groups excluding carboxylic acids is 1. The van der Waals surface area contributed by atoms with Gasteiger partial charge in [-0.1, -0.05) is 27.2 Å². The zero-order valence-corrected chi connectivity index (χ0v) is 13.3. The van der Waals surface area contributed by atoms with Crippen LogP contribution in [-0.2, 0) is 0 Å². The van der Waals surface area contributed by atoms with Crippen LogP contribution in [0.4, 0.5) is 4.39 Å². The fraction of sp³-hybridized carbons (Fsp3) is 0.412. The summed E-state index contributed by atoms with van der Waals surface area (Å²) in [5.74, 6) is -0.274. The smallest absolute Gasteiger partial charge is 0.254 e. The van der Waals surface area contributed by atoms with E-state index in [9.17, 15) is 9.18 Å². The third kappa shape index (κ3) is 3.53. The van der Waals surface area contributed by atoms with Crippen LogP contribution in [0.5, 0.6) is 0 Å². The minimum atomic E-state index is -0.292. The standard InChI is InChI=1S/C17H22FN3O/c1-4-5-10-19-17(22)15-11-20-21(16(15)12(2)3)14-8-6-13(18)7-9-14/h6-9,11-12H,4-5,10H2,1-3H3,(H,19,22). The highest BCUT2D eigenvalue weighted by molar-refractivity contribution is 5.95. The Kier molecular flexibility index (Phi) is 5.31. The lowest BCUT2D eigenvalue weighted by molar-refractivity contribution is 0.0952. The zero-order valence-electron chi connectivity index (χ0n) is 13.3. The predicted molar refractivity (Wildman–Crippen MR) is 84.9 cm³/mol. The fourth-order valence-corrected chi connectivity index (χ4v) is 2.35. The number of rotatable bonds is 6. The van der Waals surface area contributed by atoms with Gasteiger partial charge in [-0.05, 0) is 36.6 Å². The number of amides is 1. The first-order valence-corrected chi connectivity index (χ1v) is 7.66. The minimum absolute atomic E-state index is 0.106. The first-order chi connectivity index (χ1) is 10.5. The van der Waals surface area contributed by atoms with E-state index in [0.717, 1.165) is 24.2 Å². The lowest BCUT2D eigenvalue weighted by atomic mass is 10.0. The number of aromatic nitrogens is 2. The average molecular weight is 303 g/mol. The predicted octanol–water partition coefficient (Wildman–Crippen LogP) is 3.66. The van der Waals surface area contributed by atoms with Gasteiger partial charge in [0.2, 0.25) is 0 Å². The number of halogens is 1. The van der Waals surface area contributed by atoms with Crippen LogP contribution < -0.4 is 5.32 Å². The van der Waals surface area contributed by atoms with Crippen molar-refractivity contribution in [1.29, 1.82) is 0 Å². The largest absolute Gasteiger partial charge is 0.352 e. The van der Waals surface area contributed by atoms with Gasteiger partial charge in [0.05, 0.1) is 23.1 Å². The molecule has 0 radical (unpaired) electrons. The first kappa shape index (κ1) is 16.2. The van der Waals surface area contributed by atoms with Crippen LogP contribution in [0.1, 0.15) is 55.6 Å². The Morgan fingerprint density at radius 3 is 2.59 bits per heavy atom. The minimum Gasteiger partial charge on any atom is -0.352 e. The summed E-state index contributed by atoms with van der Waals surface area (Å²) < 4.78 is 14.8. The Hall–Kier alpha value is -2.17. The molecule has 0 bridgehead atoms. The van der Waals surface area contributed by atoms with Crippen LogP contribution in [0.25, 0.3) is 5.69 Å². The quantitative estimate of drug-likeness (QED) is 0.828. The van der Waals surface area contributed by atoms with Crippen molar-refractivity contribution in [2.75, 3.05) is 6.54 Å². The molecular weight excluding hydrogens is 281 g/mol. The summed E-state index contributed by atoms with van der Waals surface area (Å²) in [5, 5.41) is 7.24. The Labute approximate surface area is 130 Å². The number of nitrogens with zero attached hydrogens (tertiary/aromatic N) is 2. The molecule has 4 nitrogen and oxygen atoms in total. The molecule has 1 heterocycles. The molecule has 2 aromatic rings. The molecule has 1 amide bonds. The van der Waals surface area contributed by atoms with Crippen molar-refractivity contribution < 1.29 is 9.18 Å². The Morgan fingerprint density at radius 1 is 1.32 bits per heavy atom. The van der Waals surface area contributed by atoms with Crippen LogP contribution in [-0.4, -0.2) is 22.2 Å². The molecule has 5 heteroatoms. The Balaban J connectivity index is 2.33. The summed E-state index contributed by atoms with van der Waals surface area (Å²) in [5.41, 5.74) is 2.16. The number of carbonyl (C=O) groups is 1. The highest BCUT2D eigenvalue weighted by Gasteiger charge is 2.20. The number of nitrogens with one attached hydrogen (secondary N) is 1. The highest BCUT2D eigenvalue weighted by Crippen LogP contribution is 2.23. The van der Waals surface area contributed by atoms with Gasteiger partial charge in [-0.15, -0.1) is 0 Å². The number of hydrogen-bond acceptors (Lipinski definition) is 2. The molecule has 0 unspecified atom stereocenters. The molecule has 0 fully saturated rings. The van der Waals surface area contributed by atoms with E-state index < -0.39 is 0 Å². The second kappa shape index (κ2) is 7.20. The van der Waals surface area contributed by atoms with Gasteiger partial charge >= 0.3 is 0 Å². The maximum absolute atomic E-state index is 13.1. The van der Waals surface area contributed by atoms with Crippen LogP contribution in [0, 0.1) is 5.82 Å². The molecule has 0 aliphatic heterocycles. The zero-order chi connectivity index (χ0) is 16.1. The molecule has 22 heavy (non-hydrogen) atoms. The van der Waals surface area contributed by atoms with Gasteiger partial charge < -0.3 is 5.32 Å². The maximum atomic E-state index is 13.1. The van der Waals surface area contributed by atoms with Gasteiger partial charge in [-0.25, -0.2) is 9.07 Å². The van der Waals surface area contributed by atoms with Crippen molar-refractivity contribution in [2.45, 2.75) is 39.5 Å². The molecule has 2 rings (SSSR count). The third-order valence-corrected chi connectivity index (χ3v) is 3.49. The lowest BCUT2D eigenvalue weighted by Gasteiger charge is -2.13. The van der Waals surface area contributed by atoms with Gasteiger partial charge in [0.25, 0.3) is 5.91 Å². The lowest BCUT2D eigenvalue weighted by Crippen LogP contribution is -2.25. The van der Waals surface area contributed by atoms with Crippen molar-refractivity contribution in [3.63, 3.8) is 0 Å². The van der Waals surface area contributed by atoms with E-state index in [0.29, 0.717) is 12.1 Å². The molecule has 0 atom stereocenters. The van der Waals surface area contributed by atoms with E-state index >= 15 is 0 Å². The van der Waals surface area contributed by atoms with Crippen molar-refractivity contribution in [3.8, 4) is 5.69 Å². The van der Waals surface area contributed by atoms with Gasteiger partial charge in [0, 0.05) is 6.54 Å². The molecule has 0 saturated carbocycles. The van der Waals surface area contributed by atoms with Crippen LogP contribution in [0.3, 0.4) is 0 Å². The third-order valence-electron chi connectivity index (χ3n) is 3.49. The maximum Gasteiger partial charge on any atom is 0.254 e. The second-order valence-corrected chi connectivity index (χ2v) is 5.60. The van der Waals surface area contributed by atoms with Crippen molar-refractivity contribution in [3.05, 3.63) is 47.5 Å². The van der Waals surface area contributed by atoms with Crippen molar-refractivity contribution in [2.24, 2.45) is 0 Å². The number of unbranched alkanes of at least 4 members (excludes halogenated alkanes) is 1. The van der Waals surface area contributed by atoms with E-state index in [4.69, 9.17) is 0 Å². The van der Waals surface area contributed by atoms with Gasteiger partial charge in [0.1, 0.15) is 5.82 Å². The highest BCUT2D eigenvalue weighted by atomic mass is 19.1. The number of hydrogen-bond donors (Lipinski definition) is 1. The summed E-state index contributed by atoms with van der Waals surface area (Å²) in [4.78, 5) is 12.3. The molecule has 1 aromatic heterocycles. The summed E-state index contributed by atoms with van der Waals surface area (Å²) in [6.07, 6.45) is 3.57. The summed E-state index contributed by atoms with van der Waals surface area (Å²) >= 11 is 0. The van der Waals surface area contributed by atoms with Crippen molar-refractivity contribution in [1.82, 2.24) is 15.1 Å². The van der Waals surface area contributed by atoms with Crippen LogP contribution in [0.15, 0.2) is 30.5 Å². The van der Waals surface area contributed by atoms with Gasteiger partial charge in [-0.3, -0.25) is 4.79 Å². The monoisotopic (exact) mass is 303 g/mol. The van der Waals surface area contributed by atoms with E-state index in [-0.39, 0.29) is 17.6 Å². The fourth-order valence-electron chi connectivity index (χ4n) is 2.35. The Bertz CT molecular complexity index is 632. The number of benzene rings is 1.